The summed E-state index contributed by atoms with van der Waals surface area (Å²) in [4.78, 5) is 0. The molecule has 2 rings (SSSR count). The Hall–Kier alpha value is -0.200. The molecule has 0 radical (unpaired) electrons. The van der Waals surface area contributed by atoms with Crippen LogP contribution in [0.25, 0.3) is 0 Å². The van der Waals surface area contributed by atoms with Gasteiger partial charge < -0.3 is 25.1 Å². The smallest absolute Gasteiger partial charge is 0.163 e. The van der Waals surface area contributed by atoms with Crippen LogP contribution >= 0.6 is 0 Å². The third-order valence-electron chi connectivity index (χ3n) is 2.88. The van der Waals surface area contributed by atoms with E-state index in [0.29, 0.717) is 6.61 Å². The number of aliphatic hydroxyl groups is 1. The standard InChI is InChI=1S/C10H19NO4/c1-10(2)14-8-6(11)5-7(9(8)15-10)13-4-3-12/h6-9,12H,3-5,11H2,1-2H3/t6-,7+,8+,9?/m1/s1. The molecule has 4 atom stereocenters. The summed E-state index contributed by atoms with van der Waals surface area (Å²) in [6.45, 7) is 4.10. The van der Waals surface area contributed by atoms with Crippen LogP contribution in [0.4, 0.5) is 0 Å². The molecule has 1 aliphatic heterocycles. The van der Waals surface area contributed by atoms with Gasteiger partial charge in [-0.05, 0) is 20.3 Å². The van der Waals surface area contributed by atoms with E-state index in [0.717, 1.165) is 6.42 Å². The zero-order valence-corrected chi connectivity index (χ0v) is 9.18. The zero-order valence-electron chi connectivity index (χ0n) is 9.18. The van der Waals surface area contributed by atoms with Crippen molar-refractivity contribution in [3.63, 3.8) is 0 Å². The van der Waals surface area contributed by atoms with E-state index in [1.807, 2.05) is 13.8 Å². The van der Waals surface area contributed by atoms with Gasteiger partial charge in [-0.15, -0.1) is 0 Å². The summed E-state index contributed by atoms with van der Waals surface area (Å²) in [5.74, 6) is -0.575. The molecule has 1 aliphatic carbocycles. The van der Waals surface area contributed by atoms with Crippen molar-refractivity contribution in [1.29, 1.82) is 0 Å². The Morgan fingerprint density at radius 2 is 2.07 bits per heavy atom. The van der Waals surface area contributed by atoms with E-state index in [4.69, 9.17) is 25.1 Å². The van der Waals surface area contributed by atoms with Crippen molar-refractivity contribution >= 4 is 0 Å². The molecule has 15 heavy (non-hydrogen) atoms. The van der Waals surface area contributed by atoms with Gasteiger partial charge in [0, 0.05) is 6.04 Å². The van der Waals surface area contributed by atoms with Gasteiger partial charge >= 0.3 is 0 Å². The molecule has 5 nitrogen and oxygen atoms in total. The number of hydrogen-bond donors (Lipinski definition) is 2. The summed E-state index contributed by atoms with van der Waals surface area (Å²) in [5.41, 5.74) is 5.96. The number of ether oxygens (including phenoxy) is 3. The van der Waals surface area contributed by atoms with Crippen molar-refractivity contribution in [3.8, 4) is 0 Å². The van der Waals surface area contributed by atoms with Gasteiger partial charge in [0.15, 0.2) is 5.79 Å². The Labute approximate surface area is 89.5 Å². The molecule has 0 aromatic carbocycles. The van der Waals surface area contributed by atoms with Crippen molar-refractivity contribution in [3.05, 3.63) is 0 Å². The minimum absolute atomic E-state index is 0.0212. The number of hydrogen-bond acceptors (Lipinski definition) is 5. The summed E-state index contributed by atoms with van der Waals surface area (Å²) in [6.07, 6.45) is 0.495. The van der Waals surface area contributed by atoms with Crippen LogP contribution in [0.15, 0.2) is 0 Å². The van der Waals surface area contributed by atoms with E-state index in [9.17, 15) is 0 Å². The van der Waals surface area contributed by atoms with E-state index in [1.54, 1.807) is 0 Å². The number of fused-ring (bicyclic) bond motifs is 1. The molecule has 1 heterocycles. The SMILES string of the molecule is CC1(C)OC2[C@@H](OCCO)C[C@@H](N)[C@@H]2O1. The van der Waals surface area contributed by atoms with Crippen LogP contribution in [0, 0.1) is 0 Å². The minimum atomic E-state index is -0.575. The van der Waals surface area contributed by atoms with E-state index in [-0.39, 0.29) is 31.0 Å². The molecule has 0 amide bonds. The Morgan fingerprint density at radius 1 is 1.40 bits per heavy atom. The fourth-order valence-corrected chi connectivity index (χ4v) is 2.34. The molecule has 2 fully saturated rings. The molecule has 1 saturated heterocycles. The first-order chi connectivity index (χ1) is 7.03. The molecular formula is C10H19NO4. The van der Waals surface area contributed by atoms with Crippen LogP contribution in [0.3, 0.4) is 0 Å². The van der Waals surface area contributed by atoms with Crippen molar-refractivity contribution in [2.24, 2.45) is 5.73 Å². The average Bonchev–Trinajstić information content (AvgIpc) is 2.60. The lowest BCUT2D eigenvalue weighted by Crippen LogP contribution is -2.35. The summed E-state index contributed by atoms with van der Waals surface area (Å²) in [7, 11) is 0. The molecule has 3 N–H and O–H groups in total. The monoisotopic (exact) mass is 217 g/mol. The van der Waals surface area contributed by atoms with E-state index in [2.05, 4.69) is 0 Å². The highest BCUT2D eigenvalue weighted by molar-refractivity contribution is 5.01. The maximum Gasteiger partial charge on any atom is 0.163 e. The predicted octanol–water partition coefficient (Wildman–Crippen LogP) is -0.385. The topological polar surface area (TPSA) is 73.9 Å². The first-order valence-corrected chi connectivity index (χ1v) is 5.37. The van der Waals surface area contributed by atoms with Crippen molar-refractivity contribution < 1.29 is 19.3 Å². The van der Waals surface area contributed by atoms with Crippen molar-refractivity contribution in [2.75, 3.05) is 13.2 Å². The van der Waals surface area contributed by atoms with Gasteiger partial charge in [0.2, 0.25) is 0 Å². The van der Waals surface area contributed by atoms with Gasteiger partial charge in [-0.25, -0.2) is 0 Å². The highest BCUT2D eigenvalue weighted by Gasteiger charge is 2.53. The molecule has 5 heteroatoms. The number of aliphatic hydroxyl groups excluding tert-OH is 1. The molecule has 88 valence electrons. The Balaban J connectivity index is 1.99. The molecule has 1 saturated carbocycles. The second-order valence-electron chi connectivity index (χ2n) is 4.60. The zero-order chi connectivity index (χ0) is 11.1. The van der Waals surface area contributed by atoms with Gasteiger partial charge in [0.05, 0.1) is 19.3 Å². The number of nitrogens with two attached hydrogens (primary N) is 1. The van der Waals surface area contributed by atoms with Crippen LogP contribution in [0.2, 0.25) is 0 Å². The minimum Gasteiger partial charge on any atom is -0.394 e. The normalized spacial score (nSPS) is 43.2. The molecule has 2 aliphatic rings. The fraction of sp³-hybridized carbons (Fsp3) is 1.00. The van der Waals surface area contributed by atoms with Gasteiger partial charge in [0.1, 0.15) is 12.2 Å². The summed E-state index contributed by atoms with van der Waals surface area (Å²) in [6, 6.07) is -0.0412. The average molecular weight is 217 g/mol. The lowest BCUT2D eigenvalue weighted by atomic mass is 10.2. The largest absolute Gasteiger partial charge is 0.394 e. The molecule has 0 spiro atoms. The quantitative estimate of drug-likeness (QED) is 0.674. The van der Waals surface area contributed by atoms with Gasteiger partial charge in [-0.2, -0.15) is 0 Å². The summed E-state index contributed by atoms with van der Waals surface area (Å²) >= 11 is 0. The maximum atomic E-state index is 8.71. The van der Waals surface area contributed by atoms with Gasteiger partial charge in [-0.3, -0.25) is 0 Å². The van der Waals surface area contributed by atoms with Crippen molar-refractivity contribution in [2.45, 2.75) is 50.4 Å². The van der Waals surface area contributed by atoms with E-state index >= 15 is 0 Å². The molecular weight excluding hydrogens is 198 g/mol. The molecule has 0 bridgehead atoms. The lowest BCUT2D eigenvalue weighted by Gasteiger charge is -2.22. The van der Waals surface area contributed by atoms with Crippen LogP contribution in [0.5, 0.6) is 0 Å². The Kier molecular flexibility index (Phi) is 3.00. The van der Waals surface area contributed by atoms with Gasteiger partial charge in [-0.1, -0.05) is 0 Å². The maximum absolute atomic E-state index is 8.71. The summed E-state index contributed by atoms with van der Waals surface area (Å²) < 4.78 is 16.9. The highest BCUT2D eigenvalue weighted by Crippen LogP contribution is 2.38. The Bertz CT molecular complexity index is 233. The van der Waals surface area contributed by atoms with Crippen LogP contribution in [-0.2, 0) is 14.2 Å². The first-order valence-electron chi connectivity index (χ1n) is 5.37. The van der Waals surface area contributed by atoms with Crippen LogP contribution < -0.4 is 5.73 Å². The molecule has 1 unspecified atom stereocenters. The second-order valence-corrected chi connectivity index (χ2v) is 4.60. The third-order valence-corrected chi connectivity index (χ3v) is 2.88. The Morgan fingerprint density at radius 3 is 2.73 bits per heavy atom. The second kappa shape index (κ2) is 3.99. The molecule has 0 aromatic heterocycles. The van der Waals surface area contributed by atoms with Crippen LogP contribution in [0.1, 0.15) is 20.3 Å². The third kappa shape index (κ3) is 2.16. The molecule has 0 aromatic rings. The lowest BCUT2D eigenvalue weighted by molar-refractivity contribution is -0.168. The highest BCUT2D eigenvalue weighted by atomic mass is 16.8. The van der Waals surface area contributed by atoms with E-state index < -0.39 is 5.79 Å². The van der Waals surface area contributed by atoms with Crippen LogP contribution in [-0.4, -0.2) is 48.5 Å². The number of rotatable bonds is 3. The first kappa shape index (κ1) is 11.3. The van der Waals surface area contributed by atoms with Gasteiger partial charge in [0.25, 0.3) is 0 Å². The predicted molar refractivity (Wildman–Crippen MR) is 53.2 cm³/mol. The fourth-order valence-electron chi connectivity index (χ4n) is 2.34. The summed E-state index contributed by atoms with van der Waals surface area (Å²) in [5, 5.41) is 8.71. The van der Waals surface area contributed by atoms with Crippen molar-refractivity contribution in [1.82, 2.24) is 0 Å². The van der Waals surface area contributed by atoms with E-state index in [1.165, 1.54) is 0 Å².